The lowest BCUT2D eigenvalue weighted by Crippen LogP contribution is -2.47. The van der Waals surface area contributed by atoms with E-state index >= 15 is 0 Å². The average Bonchev–Trinajstić information content (AvgIpc) is 3.21. The van der Waals surface area contributed by atoms with Crippen molar-refractivity contribution >= 4 is 29.0 Å². The van der Waals surface area contributed by atoms with Crippen molar-refractivity contribution < 1.29 is 18.0 Å². The predicted molar refractivity (Wildman–Crippen MR) is 131 cm³/mol. The Balaban J connectivity index is 1.49. The molecular formula is C27H25F3N4O. The van der Waals surface area contributed by atoms with E-state index in [1.807, 2.05) is 10.6 Å². The molecule has 8 heteroatoms. The fourth-order valence-corrected chi connectivity index (χ4v) is 4.68. The van der Waals surface area contributed by atoms with Crippen LogP contribution in [0.1, 0.15) is 28.4 Å². The molecule has 180 valence electrons. The van der Waals surface area contributed by atoms with Crippen molar-refractivity contribution in [2.75, 3.05) is 36.0 Å². The third-order valence-corrected chi connectivity index (χ3v) is 6.46. The maximum Gasteiger partial charge on any atom is 0.270 e. The van der Waals surface area contributed by atoms with Crippen LogP contribution < -0.4 is 9.80 Å². The summed E-state index contributed by atoms with van der Waals surface area (Å²) in [7, 11) is 0. The number of anilines is 2. The summed E-state index contributed by atoms with van der Waals surface area (Å²) in [4.78, 5) is 20.5. The first kappa shape index (κ1) is 23.0. The van der Waals surface area contributed by atoms with Crippen LogP contribution in [0.3, 0.4) is 0 Å². The van der Waals surface area contributed by atoms with Gasteiger partial charge in [0.15, 0.2) is 0 Å². The van der Waals surface area contributed by atoms with Gasteiger partial charge in [-0.1, -0.05) is 24.3 Å². The summed E-state index contributed by atoms with van der Waals surface area (Å²) >= 11 is 0. The smallest absolute Gasteiger partial charge is 0.270 e. The van der Waals surface area contributed by atoms with Gasteiger partial charge in [0.25, 0.3) is 5.92 Å². The third-order valence-electron chi connectivity index (χ3n) is 6.46. The Kier molecular flexibility index (Phi) is 5.96. The Bertz CT molecular complexity index is 1350. The van der Waals surface area contributed by atoms with Crippen molar-refractivity contribution in [2.45, 2.75) is 19.4 Å². The fraction of sp³-hybridized carbons (Fsp3) is 0.259. The molecule has 0 saturated carbocycles. The van der Waals surface area contributed by atoms with Gasteiger partial charge < -0.3 is 14.4 Å². The van der Waals surface area contributed by atoms with E-state index in [9.17, 15) is 18.0 Å². The number of carbonyl (C=O) groups is 1. The largest absolute Gasteiger partial charge is 0.368 e. The van der Waals surface area contributed by atoms with E-state index in [0.717, 1.165) is 24.4 Å². The van der Waals surface area contributed by atoms with E-state index in [2.05, 4.69) is 9.80 Å². The lowest BCUT2D eigenvalue weighted by molar-refractivity contribution is 0.0165. The second kappa shape index (κ2) is 9.09. The molecule has 0 N–H and O–H groups in total. The highest BCUT2D eigenvalue weighted by atomic mass is 19.3. The van der Waals surface area contributed by atoms with Crippen LogP contribution >= 0.6 is 0 Å². The first-order valence-electron chi connectivity index (χ1n) is 11.5. The van der Waals surface area contributed by atoms with Crippen LogP contribution in [0.15, 0.2) is 66.7 Å². The number of aromatic nitrogens is 2. The molecule has 35 heavy (non-hydrogen) atoms. The Morgan fingerprint density at radius 2 is 1.63 bits per heavy atom. The maximum absolute atomic E-state index is 14.3. The zero-order chi connectivity index (χ0) is 24.6. The van der Waals surface area contributed by atoms with Crippen LogP contribution in [0, 0.1) is 5.82 Å². The minimum atomic E-state index is -2.97. The van der Waals surface area contributed by atoms with Crippen molar-refractivity contribution in [2.24, 2.45) is 0 Å². The first-order valence-corrected chi connectivity index (χ1v) is 11.5. The number of imidazole rings is 1. The van der Waals surface area contributed by atoms with Gasteiger partial charge in [-0.15, -0.1) is 0 Å². The highest BCUT2D eigenvalue weighted by Crippen LogP contribution is 2.32. The van der Waals surface area contributed by atoms with Crippen LogP contribution in [0.25, 0.3) is 11.0 Å². The topological polar surface area (TPSA) is 41.4 Å². The third kappa shape index (κ3) is 4.60. The van der Waals surface area contributed by atoms with E-state index in [1.165, 1.54) is 18.2 Å². The SMILES string of the molecule is CC(F)(F)c1ccccc1Cn1c(N2CCN(c3ccc(F)cc3)CC2)nc2cc(C=O)ccc21. The van der Waals surface area contributed by atoms with Gasteiger partial charge in [0, 0.05) is 49.9 Å². The van der Waals surface area contributed by atoms with Crippen molar-refractivity contribution in [1.82, 2.24) is 9.55 Å². The maximum atomic E-state index is 14.3. The van der Waals surface area contributed by atoms with Gasteiger partial charge in [0.2, 0.25) is 5.95 Å². The highest BCUT2D eigenvalue weighted by molar-refractivity contribution is 5.86. The predicted octanol–water partition coefficient (Wildman–Crippen LogP) is 5.47. The summed E-state index contributed by atoms with van der Waals surface area (Å²) in [5.41, 5.74) is 3.39. The summed E-state index contributed by atoms with van der Waals surface area (Å²) in [6.45, 7) is 3.86. The van der Waals surface area contributed by atoms with Crippen molar-refractivity contribution in [3.8, 4) is 0 Å². The Morgan fingerprint density at radius 1 is 0.943 bits per heavy atom. The van der Waals surface area contributed by atoms with E-state index in [-0.39, 0.29) is 17.9 Å². The molecule has 2 heterocycles. The van der Waals surface area contributed by atoms with Crippen LogP contribution in [0.2, 0.25) is 0 Å². The summed E-state index contributed by atoms with van der Waals surface area (Å²) in [6, 6.07) is 18.2. The highest BCUT2D eigenvalue weighted by Gasteiger charge is 2.29. The molecule has 3 aromatic carbocycles. The van der Waals surface area contributed by atoms with Gasteiger partial charge in [-0.2, -0.15) is 0 Å². The van der Waals surface area contributed by atoms with Gasteiger partial charge >= 0.3 is 0 Å². The van der Waals surface area contributed by atoms with Gasteiger partial charge in [0.1, 0.15) is 12.1 Å². The summed E-state index contributed by atoms with van der Waals surface area (Å²) in [6.07, 6.45) is 0.770. The van der Waals surface area contributed by atoms with Crippen molar-refractivity contribution in [3.63, 3.8) is 0 Å². The zero-order valence-corrected chi connectivity index (χ0v) is 19.3. The average molecular weight is 479 g/mol. The standard InChI is InChI=1S/C27H25F3N4O/c1-27(29,30)23-5-3-2-4-20(23)17-34-25-11-6-19(18-35)16-24(25)31-26(34)33-14-12-32(13-15-33)22-9-7-21(28)8-10-22/h2-11,16,18H,12-15,17H2,1H3. The minimum absolute atomic E-state index is 0.0153. The number of carbonyl (C=O) groups excluding carboxylic acids is 1. The molecule has 1 aliphatic heterocycles. The minimum Gasteiger partial charge on any atom is -0.368 e. The molecule has 0 radical (unpaired) electrons. The monoisotopic (exact) mass is 478 g/mol. The molecule has 4 aromatic rings. The van der Waals surface area contributed by atoms with Crippen molar-refractivity contribution in [3.05, 3.63) is 89.2 Å². The second-order valence-corrected chi connectivity index (χ2v) is 8.86. The Labute approximate surface area is 201 Å². The number of fused-ring (bicyclic) bond motifs is 1. The van der Waals surface area contributed by atoms with E-state index in [1.54, 1.807) is 42.5 Å². The molecule has 1 aromatic heterocycles. The molecule has 5 rings (SSSR count). The number of piperazine rings is 1. The van der Waals surface area contributed by atoms with Crippen LogP contribution in [0.4, 0.5) is 24.8 Å². The van der Waals surface area contributed by atoms with Gasteiger partial charge in [-0.3, -0.25) is 4.79 Å². The number of benzene rings is 3. The molecule has 5 nitrogen and oxygen atoms in total. The summed E-state index contributed by atoms with van der Waals surface area (Å²) in [5, 5.41) is 0. The summed E-state index contributed by atoms with van der Waals surface area (Å²) in [5.74, 6) is -2.57. The lowest BCUT2D eigenvalue weighted by Gasteiger charge is -2.37. The van der Waals surface area contributed by atoms with E-state index in [4.69, 9.17) is 4.98 Å². The lowest BCUT2D eigenvalue weighted by atomic mass is 10.0. The quantitative estimate of drug-likeness (QED) is 0.345. The van der Waals surface area contributed by atoms with Crippen LogP contribution in [0.5, 0.6) is 0 Å². The van der Waals surface area contributed by atoms with Crippen LogP contribution in [-0.4, -0.2) is 42.0 Å². The van der Waals surface area contributed by atoms with Gasteiger partial charge in [-0.25, -0.2) is 18.2 Å². The summed E-state index contributed by atoms with van der Waals surface area (Å²) < 4.78 is 43.9. The van der Waals surface area contributed by atoms with Gasteiger partial charge in [-0.05, 0) is 48.0 Å². The number of hydrogen-bond acceptors (Lipinski definition) is 4. The zero-order valence-electron chi connectivity index (χ0n) is 19.3. The molecule has 0 atom stereocenters. The number of alkyl halides is 2. The molecule has 0 bridgehead atoms. The fourth-order valence-electron chi connectivity index (χ4n) is 4.68. The molecular weight excluding hydrogens is 453 g/mol. The normalized spacial score (nSPS) is 14.5. The van der Waals surface area contributed by atoms with E-state index < -0.39 is 5.92 Å². The second-order valence-electron chi connectivity index (χ2n) is 8.86. The van der Waals surface area contributed by atoms with E-state index in [0.29, 0.717) is 48.8 Å². The number of hydrogen-bond donors (Lipinski definition) is 0. The molecule has 0 amide bonds. The first-order chi connectivity index (χ1) is 16.8. The number of aldehydes is 1. The Morgan fingerprint density at radius 3 is 2.31 bits per heavy atom. The van der Waals surface area contributed by atoms with Gasteiger partial charge in [0.05, 0.1) is 17.6 Å². The van der Waals surface area contributed by atoms with Crippen LogP contribution in [-0.2, 0) is 12.5 Å². The molecule has 0 aliphatic carbocycles. The van der Waals surface area contributed by atoms with Crippen molar-refractivity contribution in [1.29, 1.82) is 0 Å². The number of nitrogens with zero attached hydrogens (tertiary/aromatic N) is 4. The Hall–Kier alpha value is -3.81. The molecule has 0 unspecified atom stereocenters. The molecule has 1 fully saturated rings. The number of rotatable bonds is 6. The molecule has 1 saturated heterocycles. The number of halogens is 3. The molecule has 0 spiro atoms. The molecule has 1 aliphatic rings.